The van der Waals surface area contributed by atoms with Crippen LogP contribution in [-0.2, 0) is 17.6 Å². The lowest BCUT2D eigenvalue weighted by molar-refractivity contribution is -0.118. The number of rotatable bonds is 6. The van der Waals surface area contributed by atoms with E-state index < -0.39 is 6.04 Å². The maximum Gasteiger partial charge on any atom is 0.263 e. The van der Waals surface area contributed by atoms with Crippen molar-refractivity contribution in [1.82, 2.24) is 9.55 Å². The highest BCUT2D eigenvalue weighted by Gasteiger charge is 2.23. The van der Waals surface area contributed by atoms with Gasteiger partial charge in [0.2, 0.25) is 5.91 Å². The molecule has 0 radical (unpaired) electrons. The second-order valence-electron chi connectivity index (χ2n) is 8.79. The first-order chi connectivity index (χ1) is 16.3. The molecule has 2 heterocycles. The van der Waals surface area contributed by atoms with Crippen LogP contribution in [0.15, 0.2) is 47.5 Å². The van der Waals surface area contributed by atoms with Crippen molar-refractivity contribution >= 4 is 33.1 Å². The Morgan fingerprint density at radius 2 is 1.74 bits per heavy atom. The number of hydrogen-bond donors (Lipinski definition) is 1. The molecule has 6 heteroatoms. The van der Waals surface area contributed by atoms with Gasteiger partial charge < -0.3 is 5.32 Å². The number of carbonyl (C=O) groups excluding carboxylic acids is 1. The van der Waals surface area contributed by atoms with Crippen LogP contribution in [0.1, 0.15) is 53.9 Å². The van der Waals surface area contributed by atoms with E-state index in [4.69, 9.17) is 0 Å². The van der Waals surface area contributed by atoms with Gasteiger partial charge in [-0.25, -0.2) is 4.98 Å². The van der Waals surface area contributed by atoms with Crippen LogP contribution in [0.25, 0.3) is 21.3 Å². The van der Waals surface area contributed by atoms with Crippen LogP contribution >= 0.6 is 11.3 Å². The van der Waals surface area contributed by atoms with Crippen LogP contribution in [0.5, 0.6) is 0 Å². The summed E-state index contributed by atoms with van der Waals surface area (Å²) in [6.07, 6.45) is 3.14. The van der Waals surface area contributed by atoms with Gasteiger partial charge in [0, 0.05) is 16.1 Å². The van der Waals surface area contributed by atoms with Gasteiger partial charge in [0.15, 0.2) is 0 Å². The third-order valence-corrected chi connectivity index (χ3v) is 7.67. The fraction of sp³-hybridized carbons (Fsp3) is 0.321. The van der Waals surface area contributed by atoms with E-state index in [9.17, 15) is 9.59 Å². The summed E-state index contributed by atoms with van der Waals surface area (Å²) < 4.78 is 1.45. The van der Waals surface area contributed by atoms with Crippen molar-refractivity contribution in [3.63, 3.8) is 0 Å². The van der Waals surface area contributed by atoms with Crippen LogP contribution in [-0.4, -0.2) is 15.5 Å². The summed E-state index contributed by atoms with van der Waals surface area (Å²) in [6, 6.07) is 11.6. The fourth-order valence-electron chi connectivity index (χ4n) is 4.39. The summed E-state index contributed by atoms with van der Waals surface area (Å²) in [6.45, 7) is 12.1. The zero-order valence-corrected chi connectivity index (χ0v) is 21.5. The lowest BCUT2D eigenvalue weighted by atomic mass is 9.99. The summed E-state index contributed by atoms with van der Waals surface area (Å²) in [5.74, 6) is -0.224. The Balaban J connectivity index is 1.77. The van der Waals surface area contributed by atoms with E-state index in [0.717, 1.165) is 45.7 Å². The minimum atomic E-state index is -0.702. The number of aromatic nitrogens is 2. The van der Waals surface area contributed by atoms with Crippen molar-refractivity contribution in [3.8, 4) is 11.1 Å². The lowest BCUT2D eigenvalue weighted by Gasteiger charge is -2.19. The number of para-hydroxylation sites is 1. The molecule has 0 fully saturated rings. The normalized spacial score (nSPS) is 12.2. The van der Waals surface area contributed by atoms with E-state index >= 15 is 0 Å². The number of fused-ring (bicyclic) bond motifs is 1. The molecule has 4 rings (SSSR count). The first kappa shape index (κ1) is 23.9. The van der Waals surface area contributed by atoms with E-state index in [-0.39, 0.29) is 11.5 Å². The zero-order chi connectivity index (χ0) is 24.6. The molecule has 1 amide bonds. The molecule has 0 spiro atoms. The van der Waals surface area contributed by atoms with Gasteiger partial charge in [0.1, 0.15) is 10.9 Å². The van der Waals surface area contributed by atoms with E-state index in [2.05, 4.69) is 56.2 Å². The van der Waals surface area contributed by atoms with Crippen molar-refractivity contribution in [2.45, 2.75) is 60.4 Å². The molecule has 0 saturated heterocycles. The van der Waals surface area contributed by atoms with E-state index in [1.54, 1.807) is 6.92 Å². The van der Waals surface area contributed by atoms with E-state index in [0.29, 0.717) is 10.2 Å². The molecule has 0 aliphatic heterocycles. The number of thiophene rings is 1. The van der Waals surface area contributed by atoms with Crippen LogP contribution in [0, 0.1) is 20.8 Å². The predicted molar refractivity (Wildman–Crippen MR) is 142 cm³/mol. The Morgan fingerprint density at radius 1 is 1.06 bits per heavy atom. The van der Waals surface area contributed by atoms with Gasteiger partial charge in [0.25, 0.3) is 5.56 Å². The maximum absolute atomic E-state index is 13.7. The Labute approximate surface area is 204 Å². The highest BCUT2D eigenvalue weighted by Crippen LogP contribution is 2.36. The maximum atomic E-state index is 13.7. The van der Waals surface area contributed by atoms with Crippen LogP contribution in [0.3, 0.4) is 0 Å². The molecule has 0 aliphatic carbocycles. The van der Waals surface area contributed by atoms with Gasteiger partial charge >= 0.3 is 0 Å². The first-order valence-electron chi connectivity index (χ1n) is 11.8. The summed E-state index contributed by atoms with van der Waals surface area (Å²) in [5, 5.41) is 3.68. The standard InChI is InChI=1S/C28H31N3O2S/c1-7-20-10-9-11-21(8-2)25(20)30-26(32)18(5)31-15-29-27-24(28(31)33)23(19(6)34-27)22-13-12-16(3)17(4)14-22/h9-15,18H,7-8H2,1-6H3,(H,30,32). The van der Waals surface area contributed by atoms with Crippen LogP contribution in [0.4, 0.5) is 5.69 Å². The van der Waals surface area contributed by atoms with Gasteiger partial charge in [-0.3, -0.25) is 14.2 Å². The molecule has 1 N–H and O–H groups in total. The molecule has 176 valence electrons. The number of aryl methyl sites for hydroxylation is 5. The fourth-order valence-corrected chi connectivity index (χ4v) is 5.40. The molecule has 0 bridgehead atoms. The Morgan fingerprint density at radius 3 is 2.35 bits per heavy atom. The molecule has 2 aromatic heterocycles. The highest BCUT2D eigenvalue weighted by molar-refractivity contribution is 7.19. The molecule has 1 atom stereocenters. The SMILES string of the molecule is CCc1cccc(CC)c1NC(=O)C(C)n1cnc2sc(C)c(-c3ccc(C)c(C)c3)c2c1=O. The van der Waals surface area contributed by atoms with E-state index in [1.807, 2.05) is 25.1 Å². The molecule has 34 heavy (non-hydrogen) atoms. The Hall–Kier alpha value is -3.25. The minimum absolute atomic E-state index is 0.190. The quantitative estimate of drug-likeness (QED) is 0.354. The zero-order valence-electron chi connectivity index (χ0n) is 20.7. The van der Waals surface area contributed by atoms with Gasteiger partial charge in [-0.1, -0.05) is 50.2 Å². The number of hydrogen-bond acceptors (Lipinski definition) is 4. The Kier molecular flexibility index (Phi) is 6.71. The highest BCUT2D eigenvalue weighted by atomic mass is 32.1. The van der Waals surface area contributed by atoms with Gasteiger partial charge in [-0.2, -0.15) is 0 Å². The number of nitrogens with zero attached hydrogens (tertiary/aromatic N) is 2. The molecular formula is C28H31N3O2S. The molecule has 5 nitrogen and oxygen atoms in total. The topological polar surface area (TPSA) is 64.0 Å². The predicted octanol–water partition coefficient (Wildman–Crippen LogP) is 6.37. The number of carbonyl (C=O) groups is 1. The number of amides is 1. The minimum Gasteiger partial charge on any atom is -0.324 e. The molecule has 0 saturated carbocycles. The summed E-state index contributed by atoms with van der Waals surface area (Å²) in [4.78, 5) is 33.3. The second kappa shape index (κ2) is 9.55. The summed E-state index contributed by atoms with van der Waals surface area (Å²) in [5.41, 5.74) is 7.14. The van der Waals surface area contributed by atoms with Crippen LogP contribution in [0.2, 0.25) is 0 Å². The van der Waals surface area contributed by atoms with Crippen molar-refractivity contribution in [1.29, 1.82) is 0 Å². The number of nitrogens with one attached hydrogen (secondary N) is 1. The average Bonchev–Trinajstić information content (AvgIpc) is 3.17. The van der Waals surface area contributed by atoms with Crippen LogP contribution < -0.4 is 10.9 Å². The molecule has 0 aliphatic rings. The Bertz CT molecular complexity index is 1430. The smallest absolute Gasteiger partial charge is 0.263 e. The van der Waals surface area contributed by atoms with Gasteiger partial charge in [-0.15, -0.1) is 11.3 Å². The van der Waals surface area contributed by atoms with Gasteiger partial charge in [0.05, 0.1) is 11.7 Å². The summed E-state index contributed by atoms with van der Waals surface area (Å²) in [7, 11) is 0. The van der Waals surface area contributed by atoms with Crippen molar-refractivity contribution in [2.24, 2.45) is 0 Å². The molecule has 4 aromatic rings. The largest absolute Gasteiger partial charge is 0.324 e. The van der Waals surface area contributed by atoms with Gasteiger partial charge in [-0.05, 0) is 68.4 Å². The molecule has 1 unspecified atom stereocenters. The second-order valence-corrected chi connectivity index (χ2v) is 10.00. The average molecular weight is 474 g/mol. The monoisotopic (exact) mass is 473 g/mol. The van der Waals surface area contributed by atoms with Crippen molar-refractivity contribution in [3.05, 3.63) is 80.2 Å². The molecular weight excluding hydrogens is 442 g/mol. The molecule has 2 aromatic carbocycles. The summed E-state index contributed by atoms with van der Waals surface area (Å²) >= 11 is 1.51. The lowest BCUT2D eigenvalue weighted by Crippen LogP contribution is -2.32. The number of benzene rings is 2. The third kappa shape index (κ3) is 4.18. The van der Waals surface area contributed by atoms with Crippen molar-refractivity contribution in [2.75, 3.05) is 5.32 Å². The van der Waals surface area contributed by atoms with E-state index in [1.165, 1.54) is 33.4 Å². The van der Waals surface area contributed by atoms with Crippen molar-refractivity contribution < 1.29 is 4.79 Å². The first-order valence-corrected chi connectivity index (χ1v) is 12.6. The number of anilines is 1. The third-order valence-electron chi connectivity index (χ3n) is 6.65.